The van der Waals surface area contributed by atoms with Crippen LogP contribution in [0.4, 0.5) is 4.39 Å². The van der Waals surface area contributed by atoms with Crippen molar-refractivity contribution in [1.82, 2.24) is 9.78 Å². The van der Waals surface area contributed by atoms with Gasteiger partial charge in [0.2, 0.25) is 5.88 Å². The monoisotopic (exact) mass is 261 g/mol. The van der Waals surface area contributed by atoms with Crippen molar-refractivity contribution < 1.29 is 13.9 Å². The van der Waals surface area contributed by atoms with E-state index < -0.39 is 5.82 Å². The summed E-state index contributed by atoms with van der Waals surface area (Å²) in [6, 6.07) is 7.58. The van der Waals surface area contributed by atoms with E-state index in [1.165, 1.54) is 16.8 Å². The van der Waals surface area contributed by atoms with Gasteiger partial charge in [-0.25, -0.2) is 9.07 Å². The van der Waals surface area contributed by atoms with Gasteiger partial charge in [0.15, 0.2) is 0 Å². The summed E-state index contributed by atoms with van der Waals surface area (Å²) in [6.07, 6.45) is 1.64. The summed E-state index contributed by atoms with van der Waals surface area (Å²) >= 11 is 0. The topological polar surface area (TPSA) is 60.1 Å². The third-order valence-electron chi connectivity index (χ3n) is 2.38. The Labute approximate surface area is 109 Å². The van der Waals surface area contributed by atoms with E-state index in [9.17, 15) is 4.39 Å². The SMILES string of the molecule is COCCOc1ccn(-c2cc(F)cc(C#N)c2)n1. The summed E-state index contributed by atoms with van der Waals surface area (Å²) in [4.78, 5) is 0. The van der Waals surface area contributed by atoms with E-state index in [2.05, 4.69) is 5.10 Å². The maximum Gasteiger partial charge on any atom is 0.233 e. The molecule has 0 unspecified atom stereocenters. The molecule has 0 aliphatic carbocycles. The maximum absolute atomic E-state index is 13.3. The molecule has 0 saturated carbocycles. The number of benzene rings is 1. The molecule has 0 aliphatic rings. The first-order valence-corrected chi connectivity index (χ1v) is 5.61. The van der Waals surface area contributed by atoms with Crippen LogP contribution < -0.4 is 4.74 Å². The fourth-order valence-corrected chi connectivity index (χ4v) is 1.53. The predicted octanol–water partition coefficient (Wildman–Crippen LogP) is 1.91. The zero-order valence-electron chi connectivity index (χ0n) is 10.3. The number of hydrogen-bond donors (Lipinski definition) is 0. The van der Waals surface area contributed by atoms with Crippen molar-refractivity contribution in [1.29, 1.82) is 5.26 Å². The summed E-state index contributed by atoms with van der Waals surface area (Å²) in [6.45, 7) is 0.853. The molecule has 2 rings (SSSR count). The molecule has 5 nitrogen and oxygen atoms in total. The van der Waals surface area contributed by atoms with E-state index in [4.69, 9.17) is 14.7 Å². The van der Waals surface area contributed by atoms with Gasteiger partial charge >= 0.3 is 0 Å². The molecule has 19 heavy (non-hydrogen) atoms. The van der Waals surface area contributed by atoms with Gasteiger partial charge in [-0.15, -0.1) is 5.10 Å². The minimum absolute atomic E-state index is 0.243. The number of halogens is 1. The molecule has 0 aliphatic heterocycles. The van der Waals surface area contributed by atoms with Gasteiger partial charge in [0, 0.05) is 19.4 Å². The quantitative estimate of drug-likeness (QED) is 0.771. The molecule has 1 aromatic heterocycles. The summed E-state index contributed by atoms with van der Waals surface area (Å²) in [7, 11) is 1.58. The Hall–Kier alpha value is -2.39. The number of ether oxygens (including phenoxy) is 2. The van der Waals surface area contributed by atoms with Crippen molar-refractivity contribution >= 4 is 0 Å². The van der Waals surface area contributed by atoms with Gasteiger partial charge in [0.05, 0.1) is 23.9 Å². The smallest absolute Gasteiger partial charge is 0.233 e. The van der Waals surface area contributed by atoms with Crippen molar-refractivity contribution in [3.63, 3.8) is 0 Å². The highest BCUT2D eigenvalue weighted by atomic mass is 19.1. The van der Waals surface area contributed by atoms with Crippen molar-refractivity contribution in [2.45, 2.75) is 0 Å². The van der Waals surface area contributed by atoms with Crippen LogP contribution >= 0.6 is 0 Å². The lowest BCUT2D eigenvalue weighted by Gasteiger charge is -2.03. The molecule has 0 bridgehead atoms. The Kier molecular flexibility index (Phi) is 4.11. The van der Waals surface area contributed by atoms with Gasteiger partial charge in [-0.05, 0) is 18.2 Å². The standard InChI is InChI=1S/C13H12FN3O2/c1-18-4-5-19-13-2-3-17(16-13)12-7-10(9-15)6-11(14)8-12/h2-3,6-8H,4-5H2,1H3. The van der Waals surface area contributed by atoms with Crippen molar-refractivity contribution in [2.24, 2.45) is 0 Å². The molecule has 1 aromatic carbocycles. The number of nitrogens with zero attached hydrogens (tertiary/aromatic N) is 3. The van der Waals surface area contributed by atoms with Gasteiger partial charge in [0.1, 0.15) is 12.4 Å². The zero-order chi connectivity index (χ0) is 13.7. The zero-order valence-corrected chi connectivity index (χ0v) is 10.3. The molecule has 98 valence electrons. The number of hydrogen-bond acceptors (Lipinski definition) is 4. The lowest BCUT2D eigenvalue weighted by Crippen LogP contribution is -2.05. The first-order valence-electron chi connectivity index (χ1n) is 5.61. The molecular formula is C13H12FN3O2. The summed E-state index contributed by atoms with van der Waals surface area (Å²) < 4.78 is 24.9. The van der Waals surface area contributed by atoms with Crippen LogP contribution in [0.5, 0.6) is 5.88 Å². The minimum Gasteiger partial charge on any atom is -0.474 e. The van der Waals surface area contributed by atoms with Crippen molar-refractivity contribution in [3.8, 4) is 17.6 Å². The van der Waals surface area contributed by atoms with Crippen LogP contribution in [0.3, 0.4) is 0 Å². The van der Waals surface area contributed by atoms with E-state index in [0.29, 0.717) is 24.8 Å². The van der Waals surface area contributed by atoms with E-state index >= 15 is 0 Å². The lowest BCUT2D eigenvalue weighted by molar-refractivity contribution is 0.143. The van der Waals surface area contributed by atoms with Gasteiger partial charge in [0.25, 0.3) is 0 Å². The summed E-state index contributed by atoms with van der Waals surface area (Å²) in [5.41, 5.74) is 0.713. The molecule has 0 saturated heterocycles. The minimum atomic E-state index is -0.480. The third-order valence-corrected chi connectivity index (χ3v) is 2.38. The lowest BCUT2D eigenvalue weighted by atomic mass is 10.2. The van der Waals surface area contributed by atoms with E-state index in [1.807, 2.05) is 6.07 Å². The molecule has 0 N–H and O–H groups in total. The van der Waals surface area contributed by atoms with Crippen LogP contribution in [-0.4, -0.2) is 30.1 Å². The van der Waals surface area contributed by atoms with Crippen LogP contribution in [0.25, 0.3) is 5.69 Å². The van der Waals surface area contributed by atoms with Crippen LogP contribution in [0.15, 0.2) is 30.5 Å². The highest BCUT2D eigenvalue weighted by Crippen LogP contribution is 2.15. The Balaban J connectivity index is 2.18. The molecule has 0 radical (unpaired) electrons. The summed E-state index contributed by atoms with van der Waals surface area (Å²) in [5.74, 6) is -0.0637. The normalized spacial score (nSPS) is 10.2. The molecular weight excluding hydrogens is 249 g/mol. The average molecular weight is 261 g/mol. The Bertz CT molecular complexity index is 604. The highest BCUT2D eigenvalue weighted by Gasteiger charge is 2.05. The second kappa shape index (κ2) is 5.98. The molecule has 6 heteroatoms. The molecule has 0 atom stereocenters. The van der Waals surface area contributed by atoms with Crippen molar-refractivity contribution in [3.05, 3.63) is 41.8 Å². The highest BCUT2D eigenvalue weighted by molar-refractivity contribution is 5.41. The van der Waals surface area contributed by atoms with Crippen LogP contribution in [-0.2, 0) is 4.74 Å². The van der Waals surface area contributed by atoms with Gasteiger partial charge in [-0.3, -0.25) is 0 Å². The Morgan fingerprint density at radius 3 is 2.95 bits per heavy atom. The molecule has 1 heterocycles. The second-order valence-corrected chi connectivity index (χ2v) is 3.75. The first kappa shape index (κ1) is 13.1. The van der Waals surface area contributed by atoms with Crippen LogP contribution in [0.2, 0.25) is 0 Å². The average Bonchev–Trinajstić information content (AvgIpc) is 2.87. The number of nitriles is 1. The third kappa shape index (κ3) is 3.30. The number of rotatable bonds is 5. The van der Waals surface area contributed by atoms with Crippen LogP contribution in [0.1, 0.15) is 5.56 Å². The second-order valence-electron chi connectivity index (χ2n) is 3.75. The number of aromatic nitrogens is 2. The van der Waals surface area contributed by atoms with E-state index in [0.717, 1.165) is 0 Å². The largest absolute Gasteiger partial charge is 0.474 e. The van der Waals surface area contributed by atoms with Gasteiger partial charge in [-0.2, -0.15) is 5.26 Å². The molecule has 0 amide bonds. The number of methoxy groups -OCH3 is 1. The predicted molar refractivity (Wildman–Crippen MR) is 65.6 cm³/mol. The van der Waals surface area contributed by atoms with Crippen molar-refractivity contribution in [2.75, 3.05) is 20.3 Å². The maximum atomic E-state index is 13.3. The van der Waals surface area contributed by atoms with E-state index in [-0.39, 0.29) is 5.56 Å². The molecule has 0 fully saturated rings. The summed E-state index contributed by atoms with van der Waals surface area (Å²) in [5, 5.41) is 12.9. The van der Waals surface area contributed by atoms with Gasteiger partial charge < -0.3 is 9.47 Å². The van der Waals surface area contributed by atoms with Crippen LogP contribution in [0, 0.1) is 17.1 Å². The Morgan fingerprint density at radius 1 is 1.37 bits per heavy atom. The Morgan fingerprint density at radius 2 is 2.21 bits per heavy atom. The fourth-order valence-electron chi connectivity index (χ4n) is 1.53. The van der Waals surface area contributed by atoms with E-state index in [1.54, 1.807) is 25.4 Å². The fraction of sp³-hybridized carbons (Fsp3) is 0.231. The van der Waals surface area contributed by atoms with Gasteiger partial charge in [-0.1, -0.05) is 0 Å². The molecule has 0 spiro atoms. The molecule has 2 aromatic rings. The first-order chi connectivity index (χ1) is 9.22.